The average Bonchev–Trinajstić information content (AvgIpc) is 2.79. The zero-order chi connectivity index (χ0) is 10.3. The Labute approximate surface area is 91.9 Å². The highest BCUT2D eigenvalue weighted by Crippen LogP contribution is 2.06. The van der Waals surface area contributed by atoms with Crippen molar-refractivity contribution >= 4 is 0 Å². The van der Waals surface area contributed by atoms with Gasteiger partial charge in [0, 0.05) is 19.6 Å². The van der Waals surface area contributed by atoms with Gasteiger partial charge in [-0.3, -0.25) is 0 Å². The van der Waals surface area contributed by atoms with Crippen LogP contribution in [0.25, 0.3) is 0 Å². The Morgan fingerprint density at radius 2 is 2.13 bits per heavy atom. The fourth-order valence-electron chi connectivity index (χ4n) is 2.17. The fraction of sp³-hybridized carbons (Fsp3) is 1.00. The van der Waals surface area contributed by atoms with E-state index in [1.54, 1.807) is 0 Å². The summed E-state index contributed by atoms with van der Waals surface area (Å²) in [5.74, 6) is 0. The van der Waals surface area contributed by atoms with Gasteiger partial charge in [-0.25, -0.2) is 0 Å². The zero-order valence-corrected chi connectivity index (χ0v) is 9.41. The summed E-state index contributed by atoms with van der Waals surface area (Å²) in [6.07, 6.45) is 4.14. The molecule has 0 aromatic heterocycles. The Morgan fingerprint density at radius 3 is 2.87 bits per heavy atom. The second-order valence-corrected chi connectivity index (χ2v) is 4.36. The summed E-state index contributed by atoms with van der Waals surface area (Å²) in [5.41, 5.74) is 0. The third kappa shape index (κ3) is 4.07. The average molecular weight is 214 g/mol. The van der Waals surface area contributed by atoms with Crippen molar-refractivity contribution in [2.24, 2.45) is 0 Å². The maximum atomic E-state index is 5.45. The summed E-state index contributed by atoms with van der Waals surface area (Å²) in [7, 11) is 0. The molecule has 0 aliphatic carbocycles. The molecule has 2 heterocycles. The molecule has 0 spiro atoms. The molecule has 0 bridgehead atoms. The summed E-state index contributed by atoms with van der Waals surface area (Å²) in [6, 6.07) is 0. The van der Waals surface area contributed by atoms with Gasteiger partial charge in [-0.1, -0.05) is 0 Å². The molecule has 4 heteroatoms. The van der Waals surface area contributed by atoms with Gasteiger partial charge in [0.2, 0.25) is 0 Å². The van der Waals surface area contributed by atoms with Crippen molar-refractivity contribution in [1.29, 1.82) is 0 Å². The molecule has 2 fully saturated rings. The highest BCUT2D eigenvalue weighted by Gasteiger charge is 2.14. The topological polar surface area (TPSA) is 33.7 Å². The number of rotatable bonds is 5. The van der Waals surface area contributed by atoms with Crippen molar-refractivity contribution in [1.82, 2.24) is 10.2 Å². The van der Waals surface area contributed by atoms with E-state index in [1.165, 1.54) is 32.5 Å². The van der Waals surface area contributed by atoms with E-state index in [0.29, 0.717) is 12.9 Å². The van der Waals surface area contributed by atoms with E-state index in [4.69, 9.17) is 9.47 Å². The number of ether oxygens (including phenoxy) is 2. The van der Waals surface area contributed by atoms with Crippen molar-refractivity contribution in [3.8, 4) is 0 Å². The van der Waals surface area contributed by atoms with E-state index < -0.39 is 0 Å². The summed E-state index contributed by atoms with van der Waals surface area (Å²) < 4.78 is 10.6. The number of likely N-dealkylation sites (tertiary alicyclic amines) is 1. The number of nitrogens with zero attached hydrogens (tertiary/aromatic N) is 1. The van der Waals surface area contributed by atoms with Gasteiger partial charge in [-0.2, -0.15) is 0 Å². The predicted molar refractivity (Wildman–Crippen MR) is 58.9 cm³/mol. The van der Waals surface area contributed by atoms with Crippen LogP contribution in [0.3, 0.4) is 0 Å². The molecule has 4 nitrogen and oxygen atoms in total. The quantitative estimate of drug-likeness (QED) is 0.673. The van der Waals surface area contributed by atoms with Crippen LogP contribution >= 0.6 is 0 Å². The Bertz CT molecular complexity index is 166. The lowest BCUT2D eigenvalue weighted by Gasteiger charge is -2.23. The molecule has 0 radical (unpaired) electrons. The summed E-state index contributed by atoms with van der Waals surface area (Å²) >= 11 is 0. The molecule has 2 saturated heterocycles. The molecule has 88 valence electrons. The molecule has 1 atom stereocenters. The number of hydrogen-bond donors (Lipinski definition) is 1. The lowest BCUT2D eigenvalue weighted by Crippen LogP contribution is -2.37. The van der Waals surface area contributed by atoms with Crippen LogP contribution in [0.2, 0.25) is 0 Å². The SMILES string of the molecule is C1CCN(CCNCC2CCOCO2)C1. The molecule has 2 rings (SSSR count). The molecule has 0 amide bonds. The molecule has 0 saturated carbocycles. The first-order valence-corrected chi connectivity index (χ1v) is 6.07. The van der Waals surface area contributed by atoms with E-state index in [2.05, 4.69) is 10.2 Å². The van der Waals surface area contributed by atoms with Crippen molar-refractivity contribution in [3.05, 3.63) is 0 Å². The Morgan fingerprint density at radius 1 is 1.27 bits per heavy atom. The third-order valence-electron chi connectivity index (χ3n) is 3.15. The first-order valence-electron chi connectivity index (χ1n) is 6.07. The van der Waals surface area contributed by atoms with Gasteiger partial charge in [-0.05, 0) is 32.4 Å². The second-order valence-electron chi connectivity index (χ2n) is 4.36. The van der Waals surface area contributed by atoms with Crippen LogP contribution in [-0.2, 0) is 9.47 Å². The predicted octanol–water partition coefficient (Wildman–Crippen LogP) is 0.435. The van der Waals surface area contributed by atoms with Crippen LogP contribution in [0, 0.1) is 0 Å². The van der Waals surface area contributed by atoms with E-state index in [9.17, 15) is 0 Å². The molecule has 0 aromatic carbocycles. The minimum Gasteiger partial charge on any atom is -0.355 e. The van der Waals surface area contributed by atoms with Crippen molar-refractivity contribution in [3.63, 3.8) is 0 Å². The van der Waals surface area contributed by atoms with Crippen molar-refractivity contribution in [2.75, 3.05) is 46.1 Å². The standard InChI is InChI=1S/C11H22N2O2/c1-2-6-13(5-1)7-4-12-9-11-3-8-14-10-15-11/h11-12H,1-10H2. The monoisotopic (exact) mass is 214 g/mol. The highest BCUT2D eigenvalue weighted by molar-refractivity contribution is 4.68. The first kappa shape index (κ1) is 11.3. The maximum Gasteiger partial charge on any atom is 0.147 e. The van der Waals surface area contributed by atoms with Crippen LogP contribution < -0.4 is 5.32 Å². The van der Waals surface area contributed by atoms with Gasteiger partial charge in [0.05, 0.1) is 12.7 Å². The third-order valence-corrected chi connectivity index (χ3v) is 3.15. The fourth-order valence-corrected chi connectivity index (χ4v) is 2.17. The molecule has 1 unspecified atom stereocenters. The van der Waals surface area contributed by atoms with Gasteiger partial charge in [-0.15, -0.1) is 0 Å². The van der Waals surface area contributed by atoms with Crippen LogP contribution in [0.4, 0.5) is 0 Å². The molecular weight excluding hydrogens is 192 g/mol. The molecule has 2 aliphatic rings. The summed E-state index contributed by atoms with van der Waals surface area (Å²) in [4.78, 5) is 2.53. The Balaban J connectivity index is 1.47. The van der Waals surface area contributed by atoms with Crippen LogP contribution in [0.1, 0.15) is 19.3 Å². The van der Waals surface area contributed by atoms with Gasteiger partial charge in [0.25, 0.3) is 0 Å². The largest absolute Gasteiger partial charge is 0.355 e. The first-order chi connectivity index (χ1) is 7.45. The van der Waals surface area contributed by atoms with Gasteiger partial charge >= 0.3 is 0 Å². The zero-order valence-electron chi connectivity index (χ0n) is 9.41. The molecule has 15 heavy (non-hydrogen) atoms. The molecular formula is C11H22N2O2. The minimum absolute atomic E-state index is 0.359. The lowest BCUT2D eigenvalue weighted by molar-refractivity contribution is -0.137. The van der Waals surface area contributed by atoms with Gasteiger partial charge < -0.3 is 19.7 Å². The van der Waals surface area contributed by atoms with Crippen molar-refractivity contribution < 1.29 is 9.47 Å². The lowest BCUT2D eigenvalue weighted by atomic mass is 10.2. The molecule has 1 N–H and O–H groups in total. The van der Waals surface area contributed by atoms with Crippen LogP contribution in [0.15, 0.2) is 0 Å². The number of hydrogen-bond acceptors (Lipinski definition) is 4. The maximum absolute atomic E-state index is 5.45. The van der Waals surface area contributed by atoms with Gasteiger partial charge in [0.15, 0.2) is 0 Å². The summed E-state index contributed by atoms with van der Waals surface area (Å²) in [5, 5.41) is 3.46. The molecule has 2 aliphatic heterocycles. The van der Waals surface area contributed by atoms with Crippen LogP contribution in [0.5, 0.6) is 0 Å². The van der Waals surface area contributed by atoms with Gasteiger partial charge in [0.1, 0.15) is 6.79 Å². The minimum atomic E-state index is 0.359. The Kier molecular flexibility index (Phi) is 4.86. The van der Waals surface area contributed by atoms with Crippen LogP contribution in [-0.4, -0.2) is 57.1 Å². The number of nitrogens with one attached hydrogen (secondary N) is 1. The summed E-state index contributed by atoms with van der Waals surface area (Å²) in [6.45, 7) is 7.13. The van der Waals surface area contributed by atoms with Crippen molar-refractivity contribution in [2.45, 2.75) is 25.4 Å². The Hall–Kier alpha value is -0.160. The van der Waals surface area contributed by atoms with E-state index in [1.807, 2.05) is 0 Å². The molecule has 0 aromatic rings. The normalized spacial score (nSPS) is 28.4. The van der Waals surface area contributed by atoms with E-state index >= 15 is 0 Å². The smallest absolute Gasteiger partial charge is 0.147 e. The van der Waals surface area contributed by atoms with E-state index in [0.717, 1.165) is 26.1 Å². The second kappa shape index (κ2) is 6.43. The van der Waals surface area contributed by atoms with E-state index in [-0.39, 0.29) is 0 Å². The highest BCUT2D eigenvalue weighted by atomic mass is 16.7.